The Balaban J connectivity index is 2.41. The van der Waals surface area contributed by atoms with Crippen molar-refractivity contribution in [2.75, 3.05) is 32.7 Å². The van der Waals surface area contributed by atoms with Crippen LogP contribution < -0.4 is 20.1 Å². The molecule has 0 unspecified atom stereocenters. The minimum absolute atomic E-state index is 0.192. The molecule has 112 valence electrons. The molecule has 1 aromatic rings. The monoisotopic (exact) mass is 282 g/mol. The largest absolute Gasteiger partial charge is 0.493 e. The van der Waals surface area contributed by atoms with Crippen LogP contribution in [0, 0.1) is 0 Å². The third kappa shape index (κ3) is 5.36. The molecule has 3 N–H and O–H groups in total. The summed E-state index contributed by atoms with van der Waals surface area (Å²) in [7, 11) is 3.10. The van der Waals surface area contributed by atoms with E-state index >= 15 is 0 Å². The summed E-state index contributed by atoms with van der Waals surface area (Å²) >= 11 is 0. The van der Waals surface area contributed by atoms with Gasteiger partial charge in [0.2, 0.25) is 0 Å². The molecule has 0 aliphatic heterocycles. The number of amides is 2. The first-order valence-corrected chi connectivity index (χ1v) is 6.59. The van der Waals surface area contributed by atoms with E-state index < -0.39 is 0 Å². The van der Waals surface area contributed by atoms with Crippen molar-refractivity contribution >= 4 is 11.7 Å². The number of aliphatic hydroxyl groups is 1. The van der Waals surface area contributed by atoms with Crippen LogP contribution in [0.15, 0.2) is 18.2 Å². The lowest BCUT2D eigenvalue weighted by atomic mass is 10.2. The molecule has 0 saturated carbocycles. The number of carbonyl (C=O) groups is 1. The number of anilines is 1. The maximum atomic E-state index is 11.7. The summed E-state index contributed by atoms with van der Waals surface area (Å²) in [6.07, 6.45) is 2.51. The van der Waals surface area contributed by atoms with Crippen LogP contribution in [-0.2, 0) is 0 Å². The summed E-state index contributed by atoms with van der Waals surface area (Å²) in [6, 6.07) is 4.91. The van der Waals surface area contributed by atoms with Crippen LogP contribution in [0.4, 0.5) is 10.5 Å². The number of hydrogen-bond acceptors (Lipinski definition) is 4. The third-order valence-corrected chi connectivity index (χ3v) is 2.76. The van der Waals surface area contributed by atoms with Crippen LogP contribution in [-0.4, -0.2) is 38.5 Å². The zero-order valence-electron chi connectivity index (χ0n) is 11.9. The Hall–Kier alpha value is -1.95. The molecule has 20 heavy (non-hydrogen) atoms. The van der Waals surface area contributed by atoms with Gasteiger partial charge in [0.25, 0.3) is 0 Å². The van der Waals surface area contributed by atoms with E-state index in [4.69, 9.17) is 14.6 Å². The van der Waals surface area contributed by atoms with Gasteiger partial charge in [0.1, 0.15) is 0 Å². The minimum Gasteiger partial charge on any atom is -0.493 e. The molecule has 0 fully saturated rings. The van der Waals surface area contributed by atoms with Crippen molar-refractivity contribution in [2.24, 2.45) is 0 Å². The van der Waals surface area contributed by atoms with Crippen LogP contribution >= 0.6 is 0 Å². The highest BCUT2D eigenvalue weighted by atomic mass is 16.5. The smallest absolute Gasteiger partial charge is 0.319 e. The van der Waals surface area contributed by atoms with Gasteiger partial charge in [0.05, 0.1) is 14.2 Å². The number of unbranched alkanes of at least 4 members (excludes halogenated alkanes) is 2. The van der Waals surface area contributed by atoms with E-state index in [2.05, 4.69) is 10.6 Å². The van der Waals surface area contributed by atoms with Crippen molar-refractivity contribution in [3.05, 3.63) is 18.2 Å². The van der Waals surface area contributed by atoms with Crippen molar-refractivity contribution < 1.29 is 19.4 Å². The number of methoxy groups -OCH3 is 2. The van der Waals surface area contributed by atoms with E-state index in [0.717, 1.165) is 19.3 Å². The molecule has 0 radical (unpaired) electrons. The lowest BCUT2D eigenvalue weighted by molar-refractivity contribution is 0.251. The van der Waals surface area contributed by atoms with Crippen LogP contribution in [0.3, 0.4) is 0 Å². The van der Waals surface area contributed by atoms with Gasteiger partial charge >= 0.3 is 6.03 Å². The maximum Gasteiger partial charge on any atom is 0.319 e. The summed E-state index contributed by atoms with van der Waals surface area (Å²) in [5, 5.41) is 14.1. The zero-order valence-corrected chi connectivity index (χ0v) is 11.9. The van der Waals surface area contributed by atoms with Crippen molar-refractivity contribution in [2.45, 2.75) is 19.3 Å². The summed E-state index contributed by atoms with van der Waals surface area (Å²) in [6.45, 7) is 0.775. The molecule has 1 rings (SSSR count). The van der Waals surface area contributed by atoms with Gasteiger partial charge in [-0.2, -0.15) is 0 Å². The second-order valence-corrected chi connectivity index (χ2v) is 4.23. The molecule has 0 heterocycles. The molecule has 0 spiro atoms. The van der Waals surface area contributed by atoms with Crippen molar-refractivity contribution in [3.8, 4) is 11.5 Å². The zero-order chi connectivity index (χ0) is 14.8. The summed E-state index contributed by atoms with van der Waals surface area (Å²) in [5.74, 6) is 1.18. The third-order valence-electron chi connectivity index (χ3n) is 2.76. The fourth-order valence-corrected chi connectivity index (χ4v) is 1.70. The van der Waals surface area contributed by atoms with Crippen LogP contribution in [0.25, 0.3) is 0 Å². The van der Waals surface area contributed by atoms with E-state index in [-0.39, 0.29) is 12.6 Å². The van der Waals surface area contributed by atoms with Gasteiger partial charge in [-0.25, -0.2) is 4.79 Å². The standard InChI is InChI=1S/C14H22N2O4/c1-19-12-7-6-11(10-13(12)20-2)16-14(18)15-8-4-3-5-9-17/h6-7,10,17H,3-5,8-9H2,1-2H3,(H2,15,16,18). The quantitative estimate of drug-likeness (QED) is 0.637. The minimum atomic E-state index is -0.263. The Morgan fingerprint density at radius 2 is 1.90 bits per heavy atom. The van der Waals surface area contributed by atoms with E-state index in [1.54, 1.807) is 32.4 Å². The Morgan fingerprint density at radius 1 is 1.15 bits per heavy atom. The molecule has 0 bridgehead atoms. The topological polar surface area (TPSA) is 79.8 Å². The van der Waals surface area contributed by atoms with E-state index in [0.29, 0.717) is 23.7 Å². The average Bonchev–Trinajstić information content (AvgIpc) is 2.46. The van der Waals surface area contributed by atoms with Gasteiger partial charge in [-0.15, -0.1) is 0 Å². The predicted octanol–water partition coefficient (Wildman–Crippen LogP) is 1.99. The van der Waals surface area contributed by atoms with E-state index in [9.17, 15) is 4.79 Å². The van der Waals surface area contributed by atoms with Crippen LogP contribution in [0.2, 0.25) is 0 Å². The molecular weight excluding hydrogens is 260 g/mol. The second-order valence-electron chi connectivity index (χ2n) is 4.23. The number of urea groups is 1. The maximum absolute atomic E-state index is 11.7. The number of benzene rings is 1. The Labute approximate surface area is 119 Å². The van der Waals surface area contributed by atoms with Crippen molar-refractivity contribution in [3.63, 3.8) is 0 Å². The summed E-state index contributed by atoms with van der Waals surface area (Å²) in [4.78, 5) is 11.7. The number of ether oxygens (including phenoxy) is 2. The molecule has 0 aromatic heterocycles. The molecule has 0 aliphatic rings. The highest BCUT2D eigenvalue weighted by Gasteiger charge is 2.06. The summed E-state index contributed by atoms with van der Waals surface area (Å²) < 4.78 is 10.3. The van der Waals surface area contributed by atoms with Gasteiger partial charge in [-0.05, 0) is 31.4 Å². The van der Waals surface area contributed by atoms with Crippen molar-refractivity contribution in [1.29, 1.82) is 0 Å². The molecule has 6 nitrogen and oxygen atoms in total. The number of nitrogens with one attached hydrogen (secondary N) is 2. The first-order chi connectivity index (χ1) is 9.71. The number of rotatable bonds is 8. The lowest BCUT2D eigenvalue weighted by Gasteiger charge is -2.11. The van der Waals surface area contributed by atoms with E-state index in [1.807, 2.05) is 0 Å². The number of hydrogen-bond donors (Lipinski definition) is 3. The van der Waals surface area contributed by atoms with Crippen molar-refractivity contribution in [1.82, 2.24) is 5.32 Å². The normalized spacial score (nSPS) is 9.95. The van der Waals surface area contributed by atoms with Gasteiger partial charge < -0.3 is 25.2 Å². The van der Waals surface area contributed by atoms with E-state index in [1.165, 1.54) is 0 Å². The van der Waals surface area contributed by atoms with Gasteiger partial charge in [-0.1, -0.05) is 0 Å². The van der Waals surface area contributed by atoms with Gasteiger partial charge in [0, 0.05) is 24.9 Å². The average molecular weight is 282 g/mol. The Bertz CT molecular complexity index is 424. The van der Waals surface area contributed by atoms with Gasteiger partial charge in [-0.3, -0.25) is 0 Å². The second kappa shape index (κ2) is 9.03. The first-order valence-electron chi connectivity index (χ1n) is 6.59. The molecular formula is C14H22N2O4. The van der Waals surface area contributed by atoms with Gasteiger partial charge in [0.15, 0.2) is 11.5 Å². The molecule has 1 aromatic carbocycles. The highest BCUT2D eigenvalue weighted by Crippen LogP contribution is 2.29. The van der Waals surface area contributed by atoms with Crippen LogP contribution in [0.1, 0.15) is 19.3 Å². The highest BCUT2D eigenvalue weighted by molar-refractivity contribution is 5.89. The SMILES string of the molecule is COc1ccc(NC(=O)NCCCCCO)cc1OC. The lowest BCUT2D eigenvalue weighted by Crippen LogP contribution is -2.29. The summed E-state index contributed by atoms with van der Waals surface area (Å²) in [5.41, 5.74) is 0.635. The molecule has 0 atom stereocenters. The number of carbonyl (C=O) groups excluding carboxylic acids is 1. The predicted molar refractivity (Wildman–Crippen MR) is 77.5 cm³/mol. The molecule has 0 aliphatic carbocycles. The fraction of sp³-hybridized carbons (Fsp3) is 0.500. The Kier molecular flexibility index (Phi) is 7.27. The molecule has 2 amide bonds. The number of aliphatic hydroxyl groups excluding tert-OH is 1. The Morgan fingerprint density at radius 3 is 2.55 bits per heavy atom. The fourth-order valence-electron chi connectivity index (χ4n) is 1.70. The first kappa shape index (κ1) is 16.1. The van der Waals surface area contributed by atoms with Crippen LogP contribution in [0.5, 0.6) is 11.5 Å². The molecule has 6 heteroatoms. The molecule has 0 saturated heterocycles.